The van der Waals surface area contributed by atoms with Crippen LogP contribution in [0.2, 0.25) is 0 Å². The molecule has 0 atom stereocenters. The van der Waals surface area contributed by atoms with E-state index in [1.54, 1.807) is 6.07 Å². The molecule has 21 heavy (non-hydrogen) atoms. The van der Waals surface area contributed by atoms with Crippen LogP contribution >= 0.6 is 31.9 Å². The second-order valence-electron chi connectivity index (χ2n) is 4.08. The van der Waals surface area contributed by atoms with Crippen LogP contribution in [0, 0.1) is 0 Å². The van der Waals surface area contributed by atoms with Crippen molar-refractivity contribution in [3.63, 3.8) is 0 Å². The van der Waals surface area contributed by atoms with Crippen LogP contribution < -0.4 is 15.2 Å². The zero-order chi connectivity index (χ0) is 15.6. The second kappa shape index (κ2) is 6.35. The minimum Gasteiger partial charge on any atom is -0.454 e. The number of nitrogens with two attached hydrogens (primary N) is 1. The van der Waals surface area contributed by atoms with E-state index >= 15 is 0 Å². The predicted octanol–water partition coefficient (Wildman–Crippen LogP) is 3.49. The van der Waals surface area contributed by atoms with Crippen LogP contribution in [0.3, 0.4) is 0 Å². The molecule has 0 amide bonds. The molecule has 0 aliphatic carbocycles. The molecule has 0 fully saturated rings. The standard InChI is InChI=1S/C13H12Br2N2O3S/c1-17-21(18,19)9-3-5-13(11(16)7-9)20-12-4-2-8(14)6-10(12)15/h2-7,17H,16H2,1H3. The molecule has 5 nitrogen and oxygen atoms in total. The monoisotopic (exact) mass is 434 g/mol. The Kier molecular flexibility index (Phi) is 4.92. The summed E-state index contributed by atoms with van der Waals surface area (Å²) in [7, 11) is -2.18. The normalized spacial score (nSPS) is 11.4. The number of halogens is 2. The van der Waals surface area contributed by atoms with E-state index < -0.39 is 10.0 Å². The topological polar surface area (TPSA) is 81.4 Å². The molecule has 0 aromatic heterocycles. The highest BCUT2D eigenvalue weighted by atomic mass is 79.9. The Morgan fingerprint density at radius 2 is 1.76 bits per heavy atom. The van der Waals surface area contributed by atoms with Gasteiger partial charge in [-0.1, -0.05) is 15.9 Å². The summed E-state index contributed by atoms with van der Waals surface area (Å²) in [5, 5.41) is 0. The molecule has 0 aliphatic rings. The maximum atomic E-state index is 11.7. The van der Waals surface area contributed by atoms with Gasteiger partial charge < -0.3 is 10.5 Å². The summed E-state index contributed by atoms with van der Waals surface area (Å²) in [6, 6.07) is 9.75. The van der Waals surface area contributed by atoms with Crippen molar-refractivity contribution in [1.82, 2.24) is 4.72 Å². The number of nitrogens with one attached hydrogen (secondary N) is 1. The fourth-order valence-electron chi connectivity index (χ4n) is 1.58. The first kappa shape index (κ1) is 16.3. The van der Waals surface area contributed by atoms with Gasteiger partial charge in [0.25, 0.3) is 0 Å². The average molecular weight is 436 g/mol. The second-order valence-corrected chi connectivity index (χ2v) is 7.74. The maximum Gasteiger partial charge on any atom is 0.240 e. The fraction of sp³-hybridized carbons (Fsp3) is 0.0769. The van der Waals surface area contributed by atoms with E-state index in [2.05, 4.69) is 36.6 Å². The summed E-state index contributed by atoms with van der Waals surface area (Å²) in [5.74, 6) is 0.960. The average Bonchev–Trinajstić information content (AvgIpc) is 2.43. The number of sulfonamides is 1. The molecular weight excluding hydrogens is 424 g/mol. The van der Waals surface area contributed by atoms with Crippen molar-refractivity contribution in [2.75, 3.05) is 12.8 Å². The summed E-state index contributed by atoms with van der Waals surface area (Å²) >= 11 is 6.74. The van der Waals surface area contributed by atoms with Gasteiger partial charge in [-0.25, -0.2) is 13.1 Å². The predicted molar refractivity (Wildman–Crippen MR) is 89.0 cm³/mol. The Hall–Kier alpha value is -1.09. The Morgan fingerprint density at radius 3 is 2.33 bits per heavy atom. The van der Waals surface area contributed by atoms with Crippen molar-refractivity contribution in [1.29, 1.82) is 0 Å². The Morgan fingerprint density at radius 1 is 1.10 bits per heavy atom. The van der Waals surface area contributed by atoms with Gasteiger partial charge in [0, 0.05) is 4.47 Å². The lowest BCUT2D eigenvalue weighted by Crippen LogP contribution is -2.18. The van der Waals surface area contributed by atoms with Crippen molar-refractivity contribution in [3.8, 4) is 11.5 Å². The molecule has 0 aliphatic heterocycles. The van der Waals surface area contributed by atoms with Crippen LogP contribution in [0.5, 0.6) is 11.5 Å². The van der Waals surface area contributed by atoms with Crippen LogP contribution in [-0.2, 0) is 10.0 Å². The van der Waals surface area contributed by atoms with Crippen LogP contribution in [-0.4, -0.2) is 15.5 Å². The van der Waals surface area contributed by atoms with Crippen molar-refractivity contribution in [3.05, 3.63) is 45.3 Å². The lowest BCUT2D eigenvalue weighted by Gasteiger charge is -2.11. The Balaban J connectivity index is 2.34. The van der Waals surface area contributed by atoms with Crippen molar-refractivity contribution >= 4 is 47.6 Å². The van der Waals surface area contributed by atoms with Gasteiger partial charge in [0.2, 0.25) is 10.0 Å². The van der Waals surface area contributed by atoms with E-state index in [0.29, 0.717) is 11.5 Å². The number of hydrogen-bond acceptors (Lipinski definition) is 4. The van der Waals surface area contributed by atoms with Crippen LogP contribution in [0.15, 0.2) is 50.2 Å². The minimum absolute atomic E-state index is 0.0877. The summed E-state index contributed by atoms with van der Waals surface area (Å²) in [4.78, 5) is 0.0877. The summed E-state index contributed by atoms with van der Waals surface area (Å²) < 4.78 is 33.0. The molecule has 0 unspecified atom stereocenters. The third-order valence-corrected chi connectivity index (χ3v) is 5.20. The highest BCUT2D eigenvalue weighted by molar-refractivity contribution is 9.11. The molecular formula is C13H12Br2N2O3S. The molecule has 0 bridgehead atoms. The van der Waals surface area contributed by atoms with Gasteiger partial charge in [-0.3, -0.25) is 0 Å². The van der Waals surface area contributed by atoms with Gasteiger partial charge in [-0.2, -0.15) is 0 Å². The third-order valence-electron chi connectivity index (χ3n) is 2.67. The molecule has 2 aromatic carbocycles. The summed E-state index contributed by atoms with van der Waals surface area (Å²) in [6.45, 7) is 0. The summed E-state index contributed by atoms with van der Waals surface area (Å²) in [6.07, 6.45) is 0. The quantitative estimate of drug-likeness (QED) is 0.720. The van der Waals surface area contributed by atoms with Crippen LogP contribution in [0.1, 0.15) is 0 Å². The zero-order valence-corrected chi connectivity index (χ0v) is 14.9. The first-order valence-corrected chi connectivity index (χ1v) is 8.86. The molecule has 3 N–H and O–H groups in total. The Labute approximate surface area is 139 Å². The maximum absolute atomic E-state index is 11.7. The number of anilines is 1. The van der Waals surface area contributed by atoms with Gasteiger partial charge in [0.05, 0.1) is 15.1 Å². The zero-order valence-electron chi connectivity index (χ0n) is 10.9. The SMILES string of the molecule is CNS(=O)(=O)c1ccc(Oc2ccc(Br)cc2Br)c(N)c1. The molecule has 112 valence electrons. The number of nitrogen functional groups attached to an aromatic ring is 1. The van der Waals surface area contributed by atoms with Crippen molar-refractivity contribution < 1.29 is 13.2 Å². The Bertz CT molecular complexity index is 779. The van der Waals surface area contributed by atoms with Gasteiger partial charge in [-0.15, -0.1) is 0 Å². The largest absolute Gasteiger partial charge is 0.454 e. The summed E-state index contributed by atoms with van der Waals surface area (Å²) in [5.41, 5.74) is 6.10. The lowest BCUT2D eigenvalue weighted by molar-refractivity contribution is 0.481. The van der Waals surface area contributed by atoms with E-state index in [1.165, 1.54) is 25.2 Å². The molecule has 0 radical (unpaired) electrons. The van der Waals surface area contributed by atoms with E-state index in [1.807, 2.05) is 12.1 Å². The van der Waals surface area contributed by atoms with Crippen molar-refractivity contribution in [2.45, 2.75) is 4.90 Å². The molecule has 2 aromatic rings. The van der Waals surface area contributed by atoms with Crippen LogP contribution in [0.25, 0.3) is 0 Å². The van der Waals surface area contributed by atoms with E-state index in [0.717, 1.165) is 8.95 Å². The third kappa shape index (κ3) is 3.76. The highest BCUT2D eigenvalue weighted by Gasteiger charge is 2.14. The molecule has 0 saturated heterocycles. The van der Waals surface area contributed by atoms with E-state index in [4.69, 9.17) is 10.5 Å². The van der Waals surface area contributed by atoms with Gasteiger partial charge in [0.15, 0.2) is 0 Å². The number of benzene rings is 2. The molecule has 0 spiro atoms. The first-order valence-electron chi connectivity index (χ1n) is 5.79. The highest BCUT2D eigenvalue weighted by Crippen LogP contribution is 2.35. The van der Waals surface area contributed by atoms with E-state index in [-0.39, 0.29) is 10.6 Å². The molecule has 2 rings (SSSR count). The number of rotatable bonds is 4. The minimum atomic E-state index is -3.53. The van der Waals surface area contributed by atoms with Gasteiger partial charge in [-0.05, 0) is 59.4 Å². The van der Waals surface area contributed by atoms with Gasteiger partial charge >= 0.3 is 0 Å². The molecule has 8 heteroatoms. The molecule has 0 saturated carbocycles. The lowest BCUT2D eigenvalue weighted by atomic mass is 10.3. The van der Waals surface area contributed by atoms with Crippen molar-refractivity contribution in [2.24, 2.45) is 0 Å². The molecule has 0 heterocycles. The van der Waals surface area contributed by atoms with Gasteiger partial charge in [0.1, 0.15) is 11.5 Å². The smallest absolute Gasteiger partial charge is 0.240 e. The van der Waals surface area contributed by atoms with E-state index in [9.17, 15) is 8.42 Å². The fourth-order valence-corrected chi connectivity index (χ4v) is 3.47. The van der Waals surface area contributed by atoms with Crippen LogP contribution in [0.4, 0.5) is 5.69 Å². The first-order chi connectivity index (χ1) is 9.83. The number of hydrogen-bond donors (Lipinski definition) is 2. The number of ether oxygens (including phenoxy) is 1.